The monoisotopic (exact) mass is 210 g/mol. The van der Waals surface area contributed by atoms with Gasteiger partial charge in [0.25, 0.3) is 5.91 Å². The lowest BCUT2D eigenvalue weighted by Crippen LogP contribution is -2.33. The molecular weight excluding hydrogens is 196 g/mol. The second-order valence-electron chi connectivity index (χ2n) is 3.05. The highest BCUT2D eigenvalue weighted by atomic mass is 16.5. The molecular formula is C10H14N2O3. The van der Waals surface area contributed by atoms with E-state index in [0.29, 0.717) is 12.3 Å². The molecule has 5 heteroatoms. The lowest BCUT2D eigenvalue weighted by atomic mass is 10.4. The number of carbonyl (C=O) groups is 2. The molecule has 0 aliphatic rings. The number of hydrogen-bond acceptors (Lipinski definition) is 3. The molecule has 1 N–H and O–H groups in total. The van der Waals surface area contributed by atoms with Gasteiger partial charge in [0.1, 0.15) is 12.2 Å². The number of nitrogens with zero attached hydrogens (tertiary/aromatic N) is 1. The van der Waals surface area contributed by atoms with Gasteiger partial charge >= 0.3 is 5.97 Å². The average molecular weight is 210 g/mol. The lowest BCUT2D eigenvalue weighted by Gasteiger charge is -2.14. The van der Waals surface area contributed by atoms with E-state index in [1.54, 1.807) is 32.3 Å². The molecule has 0 saturated carbocycles. The molecule has 0 bridgehead atoms. The van der Waals surface area contributed by atoms with Crippen LogP contribution in [0.3, 0.4) is 0 Å². The quantitative estimate of drug-likeness (QED) is 0.742. The van der Waals surface area contributed by atoms with Crippen LogP contribution in [0.4, 0.5) is 0 Å². The molecule has 1 heterocycles. The zero-order valence-corrected chi connectivity index (χ0v) is 8.82. The third-order valence-corrected chi connectivity index (χ3v) is 1.85. The minimum absolute atomic E-state index is 0.0360. The van der Waals surface area contributed by atoms with Crippen LogP contribution in [0.5, 0.6) is 0 Å². The van der Waals surface area contributed by atoms with Gasteiger partial charge in [0.2, 0.25) is 0 Å². The molecule has 0 fully saturated rings. The van der Waals surface area contributed by atoms with E-state index in [0.717, 1.165) is 0 Å². The normalized spacial score (nSPS) is 9.73. The average Bonchev–Trinajstić information content (AvgIpc) is 2.69. The Morgan fingerprint density at radius 1 is 1.53 bits per heavy atom. The van der Waals surface area contributed by atoms with Crippen molar-refractivity contribution in [3.63, 3.8) is 0 Å². The minimum atomic E-state index is -0.403. The number of ether oxygens (including phenoxy) is 1. The van der Waals surface area contributed by atoms with Gasteiger partial charge in [-0.25, -0.2) is 0 Å². The zero-order chi connectivity index (χ0) is 11.3. The van der Waals surface area contributed by atoms with E-state index in [-0.39, 0.29) is 12.5 Å². The number of aromatic amines is 1. The number of nitrogens with one attached hydrogen (secondary N) is 1. The Balaban J connectivity index is 2.51. The highest BCUT2D eigenvalue weighted by Gasteiger charge is 2.15. The van der Waals surface area contributed by atoms with Gasteiger partial charge in [-0.15, -0.1) is 0 Å². The first-order chi connectivity index (χ1) is 7.15. The van der Waals surface area contributed by atoms with Crippen LogP contribution >= 0.6 is 0 Å². The summed E-state index contributed by atoms with van der Waals surface area (Å²) in [5, 5.41) is 0. The Kier molecular flexibility index (Phi) is 3.91. The van der Waals surface area contributed by atoms with Crippen molar-refractivity contribution in [1.29, 1.82) is 0 Å². The molecule has 82 valence electrons. The van der Waals surface area contributed by atoms with E-state index in [1.807, 2.05) is 0 Å². The summed E-state index contributed by atoms with van der Waals surface area (Å²) in [4.78, 5) is 26.8. The number of aromatic nitrogens is 1. The van der Waals surface area contributed by atoms with E-state index in [2.05, 4.69) is 4.98 Å². The van der Waals surface area contributed by atoms with Crippen molar-refractivity contribution in [3.05, 3.63) is 24.0 Å². The van der Waals surface area contributed by atoms with Crippen molar-refractivity contribution < 1.29 is 14.3 Å². The summed E-state index contributed by atoms with van der Waals surface area (Å²) in [5.74, 6) is -0.632. The predicted molar refractivity (Wildman–Crippen MR) is 54.4 cm³/mol. The van der Waals surface area contributed by atoms with Gasteiger partial charge in [-0.2, -0.15) is 0 Å². The van der Waals surface area contributed by atoms with Gasteiger partial charge in [-0.1, -0.05) is 0 Å². The second-order valence-corrected chi connectivity index (χ2v) is 3.05. The van der Waals surface area contributed by atoms with Gasteiger partial charge < -0.3 is 14.6 Å². The topological polar surface area (TPSA) is 62.4 Å². The molecule has 0 atom stereocenters. The zero-order valence-electron chi connectivity index (χ0n) is 8.82. The number of amides is 1. The first-order valence-electron chi connectivity index (χ1n) is 4.69. The molecule has 5 nitrogen and oxygen atoms in total. The van der Waals surface area contributed by atoms with Crippen molar-refractivity contribution in [3.8, 4) is 0 Å². The van der Waals surface area contributed by atoms with Gasteiger partial charge in [-0.05, 0) is 19.1 Å². The number of rotatable bonds is 4. The summed E-state index contributed by atoms with van der Waals surface area (Å²) < 4.78 is 4.74. The van der Waals surface area contributed by atoms with E-state index < -0.39 is 5.97 Å². The first-order valence-corrected chi connectivity index (χ1v) is 4.69. The maximum absolute atomic E-state index is 11.6. The van der Waals surface area contributed by atoms with Crippen molar-refractivity contribution >= 4 is 11.9 Å². The summed E-state index contributed by atoms with van der Waals surface area (Å²) in [7, 11) is 1.56. The van der Waals surface area contributed by atoms with Crippen LogP contribution in [0, 0.1) is 0 Å². The molecule has 15 heavy (non-hydrogen) atoms. The molecule has 0 unspecified atom stereocenters. The lowest BCUT2D eigenvalue weighted by molar-refractivity contribution is -0.143. The van der Waals surface area contributed by atoms with Gasteiger partial charge in [0, 0.05) is 13.2 Å². The Hall–Kier alpha value is -1.78. The highest BCUT2D eigenvalue weighted by Crippen LogP contribution is 1.99. The summed E-state index contributed by atoms with van der Waals surface area (Å²) in [6, 6.07) is 3.38. The molecule has 0 saturated heterocycles. The molecule has 0 radical (unpaired) electrons. The second kappa shape index (κ2) is 5.19. The summed E-state index contributed by atoms with van der Waals surface area (Å²) in [5.41, 5.74) is 0.460. The molecule has 1 aromatic rings. The van der Waals surface area contributed by atoms with E-state index in [1.165, 1.54) is 4.90 Å². The SMILES string of the molecule is CCOC(=O)CN(C)C(=O)c1ccc[nH]1. The number of carbonyl (C=O) groups excluding carboxylic acids is 2. The van der Waals surface area contributed by atoms with Crippen molar-refractivity contribution in [2.24, 2.45) is 0 Å². The molecule has 1 amide bonds. The van der Waals surface area contributed by atoms with Crippen LogP contribution in [0.25, 0.3) is 0 Å². The van der Waals surface area contributed by atoms with Crippen LogP contribution in [-0.2, 0) is 9.53 Å². The van der Waals surface area contributed by atoms with E-state index >= 15 is 0 Å². The molecule has 0 aliphatic heterocycles. The summed E-state index contributed by atoms with van der Waals surface area (Å²) >= 11 is 0. The highest BCUT2D eigenvalue weighted by molar-refractivity contribution is 5.94. The van der Waals surface area contributed by atoms with Crippen LogP contribution in [0.1, 0.15) is 17.4 Å². The maximum Gasteiger partial charge on any atom is 0.325 e. The smallest absolute Gasteiger partial charge is 0.325 e. The van der Waals surface area contributed by atoms with Crippen molar-refractivity contribution in [2.75, 3.05) is 20.2 Å². The minimum Gasteiger partial charge on any atom is -0.465 e. The van der Waals surface area contributed by atoms with Crippen molar-refractivity contribution in [2.45, 2.75) is 6.92 Å². The van der Waals surface area contributed by atoms with Crippen molar-refractivity contribution in [1.82, 2.24) is 9.88 Å². The van der Waals surface area contributed by atoms with Crippen LogP contribution in [0.2, 0.25) is 0 Å². The Labute approximate surface area is 88.0 Å². The fourth-order valence-electron chi connectivity index (χ4n) is 1.14. The van der Waals surface area contributed by atoms with E-state index in [4.69, 9.17) is 4.74 Å². The van der Waals surface area contributed by atoms with Crippen LogP contribution in [0.15, 0.2) is 18.3 Å². The predicted octanol–water partition coefficient (Wildman–Crippen LogP) is 0.650. The van der Waals surface area contributed by atoms with Gasteiger partial charge in [-0.3, -0.25) is 9.59 Å². The van der Waals surface area contributed by atoms with Gasteiger partial charge in [0.15, 0.2) is 0 Å². The Morgan fingerprint density at radius 2 is 2.27 bits per heavy atom. The fraction of sp³-hybridized carbons (Fsp3) is 0.400. The molecule has 0 aliphatic carbocycles. The molecule has 1 rings (SSSR count). The summed E-state index contributed by atoms with van der Waals surface area (Å²) in [6.45, 7) is 2.01. The number of esters is 1. The third kappa shape index (κ3) is 3.12. The largest absolute Gasteiger partial charge is 0.465 e. The fourth-order valence-corrected chi connectivity index (χ4v) is 1.14. The molecule has 0 aromatic carbocycles. The number of likely N-dealkylation sites (N-methyl/N-ethyl adjacent to an activating group) is 1. The Bertz CT molecular complexity index is 332. The first kappa shape index (κ1) is 11.3. The van der Waals surface area contributed by atoms with Crippen LogP contribution in [-0.4, -0.2) is 42.0 Å². The van der Waals surface area contributed by atoms with E-state index in [9.17, 15) is 9.59 Å². The van der Waals surface area contributed by atoms with Gasteiger partial charge in [0.05, 0.1) is 6.61 Å². The summed E-state index contributed by atoms with van der Waals surface area (Å²) in [6.07, 6.45) is 1.66. The standard InChI is InChI=1S/C10H14N2O3/c1-3-15-9(13)7-12(2)10(14)8-5-4-6-11-8/h4-6,11H,3,7H2,1-2H3. The van der Waals surface area contributed by atoms with Crippen LogP contribution < -0.4 is 0 Å². The number of H-pyrrole nitrogens is 1. The maximum atomic E-state index is 11.6. The molecule has 0 spiro atoms. The molecule has 1 aromatic heterocycles. The Morgan fingerprint density at radius 3 is 2.80 bits per heavy atom. The third-order valence-electron chi connectivity index (χ3n) is 1.85. The number of hydrogen-bond donors (Lipinski definition) is 1.